The molecule has 0 aromatic heterocycles. The first kappa shape index (κ1) is 19.3. The number of amides is 1. The van der Waals surface area contributed by atoms with E-state index in [2.05, 4.69) is 34.2 Å². The third-order valence-corrected chi connectivity index (χ3v) is 4.40. The molecule has 0 unspecified atom stereocenters. The molecule has 0 aliphatic rings. The first-order chi connectivity index (χ1) is 12.0. The SMILES string of the molecule is CCc1ccc(OCC(=O)NCCOc2ccc(C)cc2C)c(Br)c1. The molecule has 0 radical (unpaired) electrons. The lowest BCUT2D eigenvalue weighted by atomic mass is 10.1. The van der Waals surface area contributed by atoms with Crippen molar-refractivity contribution >= 4 is 21.8 Å². The third-order valence-electron chi connectivity index (χ3n) is 3.78. The van der Waals surface area contributed by atoms with Crippen LogP contribution >= 0.6 is 15.9 Å². The Bertz CT molecular complexity index is 731. The van der Waals surface area contributed by atoms with Crippen molar-refractivity contribution < 1.29 is 14.3 Å². The maximum Gasteiger partial charge on any atom is 0.258 e. The lowest BCUT2D eigenvalue weighted by molar-refractivity contribution is -0.123. The van der Waals surface area contributed by atoms with Gasteiger partial charge in [-0.3, -0.25) is 4.79 Å². The second kappa shape index (κ2) is 9.47. The molecule has 0 heterocycles. The molecule has 134 valence electrons. The molecule has 0 bridgehead atoms. The van der Waals surface area contributed by atoms with Gasteiger partial charge in [0.1, 0.15) is 18.1 Å². The Balaban J connectivity index is 1.70. The fraction of sp³-hybridized carbons (Fsp3) is 0.350. The largest absolute Gasteiger partial charge is 0.491 e. The summed E-state index contributed by atoms with van der Waals surface area (Å²) >= 11 is 3.46. The van der Waals surface area contributed by atoms with E-state index in [-0.39, 0.29) is 12.5 Å². The summed E-state index contributed by atoms with van der Waals surface area (Å²) in [7, 11) is 0. The predicted molar refractivity (Wildman–Crippen MR) is 103 cm³/mol. The van der Waals surface area contributed by atoms with Crippen LogP contribution in [0.3, 0.4) is 0 Å². The van der Waals surface area contributed by atoms with E-state index in [0.29, 0.717) is 18.9 Å². The lowest BCUT2D eigenvalue weighted by Gasteiger charge is -2.11. The first-order valence-corrected chi connectivity index (χ1v) is 9.17. The maximum absolute atomic E-state index is 11.9. The van der Waals surface area contributed by atoms with Crippen molar-refractivity contribution in [2.45, 2.75) is 27.2 Å². The number of hydrogen-bond acceptors (Lipinski definition) is 3. The van der Waals surface area contributed by atoms with Gasteiger partial charge in [0, 0.05) is 0 Å². The minimum atomic E-state index is -0.171. The molecular weight excluding hydrogens is 382 g/mol. The number of hydrogen-bond donors (Lipinski definition) is 1. The zero-order valence-corrected chi connectivity index (χ0v) is 16.5. The Morgan fingerprint density at radius 2 is 1.84 bits per heavy atom. The molecule has 1 N–H and O–H groups in total. The van der Waals surface area contributed by atoms with Gasteiger partial charge in [-0.25, -0.2) is 0 Å². The predicted octanol–water partition coefficient (Wildman–Crippen LogP) is 4.20. The number of carbonyl (C=O) groups is 1. The van der Waals surface area contributed by atoms with Crippen LogP contribution < -0.4 is 14.8 Å². The number of carbonyl (C=O) groups excluding carboxylic acids is 1. The number of rotatable bonds is 8. The molecule has 0 spiro atoms. The Kier molecular flexibility index (Phi) is 7.31. The number of halogens is 1. The average molecular weight is 406 g/mol. The molecule has 4 nitrogen and oxygen atoms in total. The lowest BCUT2D eigenvalue weighted by Crippen LogP contribution is -2.32. The quantitative estimate of drug-likeness (QED) is 0.669. The molecule has 2 rings (SSSR count). The fourth-order valence-electron chi connectivity index (χ4n) is 2.39. The van der Waals surface area contributed by atoms with E-state index in [1.807, 2.05) is 44.2 Å². The van der Waals surface area contributed by atoms with Crippen LogP contribution in [0.5, 0.6) is 11.5 Å². The van der Waals surface area contributed by atoms with E-state index in [4.69, 9.17) is 9.47 Å². The standard InChI is InChI=1S/C20H24BrNO3/c1-4-16-6-8-19(17(21)12-16)25-13-20(23)22-9-10-24-18-7-5-14(2)11-15(18)3/h5-8,11-12H,4,9-10,13H2,1-3H3,(H,22,23). The zero-order chi connectivity index (χ0) is 18.2. The summed E-state index contributed by atoms with van der Waals surface area (Å²) in [4.78, 5) is 11.9. The summed E-state index contributed by atoms with van der Waals surface area (Å²) in [5.41, 5.74) is 3.51. The summed E-state index contributed by atoms with van der Waals surface area (Å²) in [5.74, 6) is 1.34. The summed E-state index contributed by atoms with van der Waals surface area (Å²) in [6, 6.07) is 11.9. The van der Waals surface area contributed by atoms with E-state index in [0.717, 1.165) is 22.2 Å². The minimum absolute atomic E-state index is 0.0202. The highest BCUT2D eigenvalue weighted by Gasteiger charge is 2.06. The van der Waals surface area contributed by atoms with Gasteiger partial charge in [-0.2, -0.15) is 0 Å². The Hall–Kier alpha value is -2.01. The van der Waals surface area contributed by atoms with E-state index in [1.165, 1.54) is 11.1 Å². The Labute approximate surface area is 157 Å². The van der Waals surface area contributed by atoms with Crippen LogP contribution in [-0.4, -0.2) is 25.7 Å². The number of aryl methyl sites for hydroxylation is 3. The summed E-state index contributed by atoms with van der Waals surface area (Å²) in [6.45, 7) is 6.99. The van der Waals surface area contributed by atoms with Crippen LogP contribution in [0, 0.1) is 13.8 Å². The zero-order valence-electron chi connectivity index (χ0n) is 14.9. The molecule has 0 fully saturated rings. The highest BCUT2D eigenvalue weighted by Crippen LogP contribution is 2.26. The topological polar surface area (TPSA) is 47.6 Å². The van der Waals surface area contributed by atoms with Gasteiger partial charge in [0.2, 0.25) is 0 Å². The van der Waals surface area contributed by atoms with Crippen LogP contribution in [0.4, 0.5) is 0 Å². The molecular formula is C20H24BrNO3. The summed E-state index contributed by atoms with van der Waals surface area (Å²) in [5, 5.41) is 2.79. The average Bonchev–Trinajstić information content (AvgIpc) is 2.59. The van der Waals surface area contributed by atoms with Gasteiger partial charge < -0.3 is 14.8 Å². The molecule has 2 aromatic carbocycles. The second-order valence-corrected chi connectivity index (χ2v) is 6.73. The molecule has 0 aliphatic heterocycles. The smallest absolute Gasteiger partial charge is 0.258 e. The molecule has 0 atom stereocenters. The van der Waals surface area contributed by atoms with Gasteiger partial charge >= 0.3 is 0 Å². The van der Waals surface area contributed by atoms with Crippen LogP contribution in [-0.2, 0) is 11.2 Å². The molecule has 5 heteroatoms. The highest BCUT2D eigenvalue weighted by atomic mass is 79.9. The van der Waals surface area contributed by atoms with Gasteiger partial charge in [0.15, 0.2) is 6.61 Å². The van der Waals surface area contributed by atoms with Crippen molar-refractivity contribution in [1.29, 1.82) is 0 Å². The second-order valence-electron chi connectivity index (χ2n) is 5.87. The third kappa shape index (κ3) is 6.09. The van der Waals surface area contributed by atoms with Crippen LogP contribution in [0.2, 0.25) is 0 Å². The highest BCUT2D eigenvalue weighted by molar-refractivity contribution is 9.10. The van der Waals surface area contributed by atoms with Gasteiger partial charge in [-0.15, -0.1) is 0 Å². The van der Waals surface area contributed by atoms with Crippen molar-refractivity contribution in [1.82, 2.24) is 5.32 Å². The first-order valence-electron chi connectivity index (χ1n) is 8.37. The van der Waals surface area contributed by atoms with E-state index >= 15 is 0 Å². The van der Waals surface area contributed by atoms with Crippen LogP contribution in [0.25, 0.3) is 0 Å². The summed E-state index contributed by atoms with van der Waals surface area (Å²) in [6.07, 6.45) is 0.958. The molecule has 0 saturated heterocycles. The number of ether oxygens (including phenoxy) is 2. The molecule has 0 saturated carbocycles. The Morgan fingerprint density at radius 1 is 1.08 bits per heavy atom. The number of benzene rings is 2. The van der Waals surface area contributed by atoms with Gasteiger partial charge in [-0.1, -0.05) is 30.7 Å². The van der Waals surface area contributed by atoms with Gasteiger partial charge in [0.05, 0.1) is 11.0 Å². The number of nitrogens with one attached hydrogen (secondary N) is 1. The fourth-order valence-corrected chi connectivity index (χ4v) is 2.93. The van der Waals surface area contributed by atoms with Crippen molar-refractivity contribution in [3.63, 3.8) is 0 Å². The van der Waals surface area contributed by atoms with E-state index in [9.17, 15) is 4.79 Å². The van der Waals surface area contributed by atoms with Gasteiger partial charge in [0.25, 0.3) is 5.91 Å². The van der Waals surface area contributed by atoms with Crippen LogP contribution in [0.15, 0.2) is 40.9 Å². The van der Waals surface area contributed by atoms with E-state index in [1.54, 1.807) is 0 Å². The molecule has 1 amide bonds. The van der Waals surface area contributed by atoms with Crippen molar-refractivity contribution in [3.8, 4) is 11.5 Å². The molecule has 25 heavy (non-hydrogen) atoms. The molecule has 2 aromatic rings. The van der Waals surface area contributed by atoms with Crippen molar-refractivity contribution in [2.75, 3.05) is 19.8 Å². The van der Waals surface area contributed by atoms with Gasteiger partial charge in [-0.05, 0) is 65.5 Å². The Morgan fingerprint density at radius 3 is 2.52 bits per heavy atom. The van der Waals surface area contributed by atoms with Crippen molar-refractivity contribution in [2.24, 2.45) is 0 Å². The summed E-state index contributed by atoms with van der Waals surface area (Å²) < 4.78 is 12.1. The minimum Gasteiger partial charge on any atom is -0.491 e. The maximum atomic E-state index is 11.9. The van der Waals surface area contributed by atoms with Crippen molar-refractivity contribution in [3.05, 3.63) is 57.6 Å². The molecule has 0 aliphatic carbocycles. The van der Waals surface area contributed by atoms with Crippen LogP contribution in [0.1, 0.15) is 23.6 Å². The normalized spacial score (nSPS) is 10.4. The monoisotopic (exact) mass is 405 g/mol. The van der Waals surface area contributed by atoms with E-state index < -0.39 is 0 Å².